The summed E-state index contributed by atoms with van der Waals surface area (Å²) in [7, 11) is 6.69. The van der Waals surface area contributed by atoms with Gasteiger partial charge in [-0.25, -0.2) is 0 Å². The Morgan fingerprint density at radius 3 is 1.86 bits per heavy atom. The van der Waals surface area contributed by atoms with E-state index in [2.05, 4.69) is 4.90 Å². The van der Waals surface area contributed by atoms with Crippen LogP contribution >= 0.6 is 11.6 Å². The van der Waals surface area contributed by atoms with Crippen LogP contribution in [0.1, 0.15) is 11.1 Å². The van der Waals surface area contributed by atoms with E-state index in [0.29, 0.717) is 40.9 Å². The van der Waals surface area contributed by atoms with Crippen molar-refractivity contribution in [2.45, 2.75) is 0 Å². The highest BCUT2D eigenvalue weighted by Crippen LogP contribution is 2.39. The highest BCUT2D eigenvalue weighted by Gasteiger charge is 2.24. The average Bonchev–Trinajstić information content (AvgIpc) is 2.72. The zero-order chi connectivity index (χ0) is 21.0. The summed E-state index contributed by atoms with van der Waals surface area (Å²) in [6.07, 6.45) is 3.79. The van der Waals surface area contributed by atoms with Crippen molar-refractivity contribution >= 4 is 29.5 Å². The second kappa shape index (κ2) is 9.16. The van der Waals surface area contributed by atoms with E-state index in [0.717, 1.165) is 16.7 Å². The van der Waals surface area contributed by atoms with Gasteiger partial charge < -0.3 is 14.2 Å². The molecule has 0 aliphatic carbocycles. The summed E-state index contributed by atoms with van der Waals surface area (Å²) in [6.45, 7) is 1.15. The first-order valence-electron chi connectivity index (χ1n) is 9.15. The summed E-state index contributed by atoms with van der Waals surface area (Å²) in [6, 6.07) is 11.1. The molecular formula is C23H24ClNO4. The van der Waals surface area contributed by atoms with E-state index in [4.69, 9.17) is 25.8 Å². The van der Waals surface area contributed by atoms with Crippen molar-refractivity contribution < 1.29 is 19.0 Å². The highest BCUT2D eigenvalue weighted by molar-refractivity contribution is 6.30. The number of ether oxygens (including phenoxy) is 3. The Hall–Kier alpha value is -2.76. The smallest absolute Gasteiger partial charge is 0.203 e. The van der Waals surface area contributed by atoms with Gasteiger partial charge in [-0.15, -0.1) is 0 Å². The maximum atomic E-state index is 13.1. The summed E-state index contributed by atoms with van der Waals surface area (Å²) in [4.78, 5) is 15.2. The highest BCUT2D eigenvalue weighted by atomic mass is 35.5. The quantitative estimate of drug-likeness (QED) is 0.682. The molecule has 1 fully saturated rings. The van der Waals surface area contributed by atoms with Gasteiger partial charge in [0.2, 0.25) is 5.75 Å². The van der Waals surface area contributed by atoms with Crippen molar-refractivity contribution in [3.63, 3.8) is 0 Å². The van der Waals surface area contributed by atoms with E-state index in [-0.39, 0.29) is 5.78 Å². The van der Waals surface area contributed by atoms with Gasteiger partial charge in [-0.1, -0.05) is 23.7 Å². The number of likely N-dealkylation sites (N-methyl/N-ethyl adjacent to an activating group) is 1. The lowest BCUT2D eigenvalue weighted by Crippen LogP contribution is -2.34. The molecule has 3 rings (SSSR count). The number of piperidine rings is 1. The molecule has 0 atom stereocenters. The fraction of sp³-hybridized carbons (Fsp3) is 0.261. The Morgan fingerprint density at radius 1 is 0.862 bits per heavy atom. The van der Waals surface area contributed by atoms with Gasteiger partial charge in [-0.05, 0) is 54.6 Å². The van der Waals surface area contributed by atoms with E-state index in [9.17, 15) is 4.79 Å². The van der Waals surface area contributed by atoms with Crippen LogP contribution < -0.4 is 14.2 Å². The van der Waals surface area contributed by atoms with Gasteiger partial charge in [0.1, 0.15) is 0 Å². The molecule has 2 aromatic carbocycles. The van der Waals surface area contributed by atoms with Gasteiger partial charge in [0.15, 0.2) is 17.3 Å². The molecule has 1 aliphatic rings. The molecule has 0 aromatic heterocycles. The zero-order valence-electron chi connectivity index (χ0n) is 17.0. The second-order valence-corrected chi connectivity index (χ2v) is 7.29. The number of hydrogen-bond acceptors (Lipinski definition) is 5. The first-order valence-corrected chi connectivity index (χ1v) is 9.53. The van der Waals surface area contributed by atoms with Crippen LogP contribution in [0.25, 0.3) is 12.2 Å². The van der Waals surface area contributed by atoms with Crippen LogP contribution in [0.15, 0.2) is 47.5 Å². The van der Waals surface area contributed by atoms with Crippen LogP contribution in [0.5, 0.6) is 17.2 Å². The van der Waals surface area contributed by atoms with Crippen LogP contribution in [-0.4, -0.2) is 52.1 Å². The van der Waals surface area contributed by atoms with E-state index in [1.807, 2.05) is 55.6 Å². The molecule has 0 bridgehead atoms. The molecule has 29 heavy (non-hydrogen) atoms. The number of carbonyl (C=O) groups excluding carboxylic acids is 1. The maximum Gasteiger partial charge on any atom is 0.203 e. The number of carbonyl (C=O) groups is 1. The Kier molecular flexibility index (Phi) is 6.62. The minimum Gasteiger partial charge on any atom is -0.493 e. The Morgan fingerprint density at radius 2 is 1.38 bits per heavy atom. The predicted molar refractivity (Wildman–Crippen MR) is 116 cm³/mol. The number of likely N-dealkylation sites (tertiary alicyclic amines) is 1. The summed E-state index contributed by atoms with van der Waals surface area (Å²) < 4.78 is 16.2. The number of benzene rings is 2. The van der Waals surface area contributed by atoms with Gasteiger partial charge in [0.25, 0.3) is 0 Å². The average molecular weight is 414 g/mol. The molecule has 152 valence electrons. The number of ketones is 1. The molecule has 6 heteroatoms. The molecule has 0 spiro atoms. The topological polar surface area (TPSA) is 48.0 Å². The van der Waals surface area contributed by atoms with Crippen molar-refractivity contribution in [2.75, 3.05) is 41.5 Å². The molecule has 1 heterocycles. The number of Topliss-reactive ketones (excluding diaryl/α,β-unsaturated/α-hetero) is 1. The number of nitrogens with zero attached hydrogens (tertiary/aromatic N) is 1. The van der Waals surface area contributed by atoms with Crippen molar-refractivity contribution in [1.29, 1.82) is 0 Å². The lowest BCUT2D eigenvalue weighted by molar-refractivity contribution is -0.113. The monoisotopic (exact) mass is 413 g/mol. The summed E-state index contributed by atoms with van der Waals surface area (Å²) in [5, 5.41) is 0.669. The molecule has 0 radical (unpaired) electrons. The van der Waals surface area contributed by atoms with Crippen LogP contribution in [0, 0.1) is 0 Å². The van der Waals surface area contributed by atoms with Gasteiger partial charge in [-0.3, -0.25) is 9.69 Å². The molecule has 1 saturated heterocycles. The fourth-order valence-corrected chi connectivity index (χ4v) is 3.48. The van der Waals surface area contributed by atoms with Crippen LogP contribution in [0.4, 0.5) is 0 Å². The number of methoxy groups -OCH3 is 3. The van der Waals surface area contributed by atoms with Gasteiger partial charge >= 0.3 is 0 Å². The van der Waals surface area contributed by atoms with E-state index >= 15 is 0 Å². The lowest BCUT2D eigenvalue weighted by Gasteiger charge is -2.26. The summed E-state index contributed by atoms with van der Waals surface area (Å²) >= 11 is 5.96. The predicted octanol–water partition coefficient (Wildman–Crippen LogP) is 4.35. The molecule has 0 saturated carbocycles. The standard InChI is InChI=1S/C23H24ClNO4/c1-25-13-17(9-15-5-7-19(24)8-6-15)22(26)18(14-25)10-16-11-20(27-2)23(29-4)21(12-16)28-3/h5-12H,13-14H2,1-4H3/b17-9+,18-10+. The minimum atomic E-state index is 0.0341. The van der Waals surface area contributed by atoms with Gasteiger partial charge in [-0.2, -0.15) is 0 Å². The van der Waals surface area contributed by atoms with Crippen LogP contribution in [-0.2, 0) is 4.79 Å². The van der Waals surface area contributed by atoms with E-state index in [1.165, 1.54) is 0 Å². The summed E-state index contributed by atoms with van der Waals surface area (Å²) in [5.41, 5.74) is 3.19. The maximum absolute atomic E-state index is 13.1. The third kappa shape index (κ3) is 4.81. The SMILES string of the molecule is COc1cc(/C=C2\CN(C)C/C(=C\c3ccc(Cl)cc3)C2=O)cc(OC)c1OC. The zero-order valence-corrected chi connectivity index (χ0v) is 17.7. The first kappa shape index (κ1) is 21.0. The summed E-state index contributed by atoms with van der Waals surface area (Å²) in [5.74, 6) is 1.65. The van der Waals surface area contributed by atoms with E-state index < -0.39 is 0 Å². The second-order valence-electron chi connectivity index (χ2n) is 6.85. The van der Waals surface area contributed by atoms with Crippen LogP contribution in [0.3, 0.4) is 0 Å². The number of halogens is 1. The normalized spacial score (nSPS) is 17.6. The molecule has 0 amide bonds. The minimum absolute atomic E-state index is 0.0341. The third-order valence-electron chi connectivity index (χ3n) is 4.70. The number of hydrogen-bond donors (Lipinski definition) is 0. The fourth-order valence-electron chi connectivity index (χ4n) is 3.36. The number of rotatable bonds is 5. The van der Waals surface area contributed by atoms with Gasteiger partial charge in [0.05, 0.1) is 21.3 Å². The van der Waals surface area contributed by atoms with Crippen molar-refractivity contribution in [1.82, 2.24) is 4.90 Å². The Labute approximate surface area is 176 Å². The Bertz CT molecular complexity index is 938. The molecule has 0 N–H and O–H groups in total. The third-order valence-corrected chi connectivity index (χ3v) is 4.95. The van der Waals surface area contributed by atoms with Crippen LogP contribution in [0.2, 0.25) is 5.02 Å². The van der Waals surface area contributed by atoms with E-state index in [1.54, 1.807) is 21.3 Å². The largest absolute Gasteiger partial charge is 0.493 e. The van der Waals surface area contributed by atoms with Gasteiger partial charge in [0, 0.05) is 29.3 Å². The van der Waals surface area contributed by atoms with Crippen molar-refractivity contribution in [2.24, 2.45) is 0 Å². The molecule has 0 unspecified atom stereocenters. The molecule has 5 nitrogen and oxygen atoms in total. The molecular weight excluding hydrogens is 390 g/mol. The first-order chi connectivity index (χ1) is 13.9. The molecule has 2 aromatic rings. The molecule has 1 aliphatic heterocycles. The van der Waals surface area contributed by atoms with Crippen molar-refractivity contribution in [3.8, 4) is 17.2 Å². The van der Waals surface area contributed by atoms with Crippen molar-refractivity contribution in [3.05, 3.63) is 63.7 Å². The lowest BCUT2D eigenvalue weighted by atomic mass is 9.94. The Balaban J connectivity index is 1.98.